The van der Waals surface area contributed by atoms with E-state index in [1.54, 1.807) is 43.7 Å². The van der Waals surface area contributed by atoms with Crippen LogP contribution in [0.15, 0.2) is 84.4 Å². The van der Waals surface area contributed by atoms with Gasteiger partial charge in [0.25, 0.3) is 0 Å². The van der Waals surface area contributed by atoms with Crippen LogP contribution in [-0.4, -0.2) is 141 Å². The van der Waals surface area contributed by atoms with Crippen LogP contribution in [0.1, 0.15) is 106 Å². The third kappa shape index (κ3) is 17.5. The number of β-amino-alcohol motifs (C(OH)–C–C–N with tert-alkyl or cyclic N) is 1. The number of amides is 4. The van der Waals surface area contributed by atoms with Gasteiger partial charge in [0.2, 0.25) is 23.6 Å². The molecule has 0 bridgehead atoms. The Labute approximate surface area is 520 Å². The van der Waals surface area contributed by atoms with E-state index in [1.807, 2.05) is 52.0 Å². The molecule has 2 aliphatic heterocycles. The number of anilines is 1. The van der Waals surface area contributed by atoms with E-state index in [-0.39, 0.29) is 124 Å². The second-order valence-electron chi connectivity index (χ2n) is 24.0. The summed E-state index contributed by atoms with van der Waals surface area (Å²) in [6.07, 6.45) is -0.00511. The van der Waals surface area contributed by atoms with Crippen molar-refractivity contribution in [2.75, 3.05) is 71.8 Å². The number of hydrogen-bond acceptors (Lipinski definition) is 15. The first-order valence-corrected chi connectivity index (χ1v) is 30.4. The Morgan fingerprint density at radius 3 is 2.20 bits per heavy atom. The quantitative estimate of drug-likeness (QED) is 0.0232. The fourth-order valence-electron chi connectivity index (χ4n) is 11.0. The van der Waals surface area contributed by atoms with E-state index < -0.39 is 87.7 Å². The number of aryl methyl sites for hydroxylation is 1. The average Bonchev–Trinajstić information content (AvgIpc) is 1.60. The zero-order valence-electron chi connectivity index (χ0n) is 50.2. The van der Waals surface area contributed by atoms with Crippen molar-refractivity contribution in [1.29, 1.82) is 5.26 Å². The first-order chi connectivity index (χ1) is 41.4. The molecule has 5 N–H and O–H groups in total. The lowest BCUT2D eigenvalue weighted by molar-refractivity contribution is -0.144. The number of ether oxygens (including phenoxy) is 5. The third-order valence-electron chi connectivity index (χ3n) is 15.3. The van der Waals surface area contributed by atoms with Gasteiger partial charge in [-0.05, 0) is 83.7 Å². The minimum Gasteiger partial charge on any atom is -0.495 e. The highest BCUT2D eigenvalue weighted by Gasteiger charge is 2.61. The van der Waals surface area contributed by atoms with Crippen LogP contribution in [0.25, 0.3) is 10.4 Å². The van der Waals surface area contributed by atoms with Crippen molar-refractivity contribution < 1.29 is 61.5 Å². The van der Waals surface area contributed by atoms with Crippen LogP contribution in [0.4, 0.5) is 14.5 Å². The van der Waals surface area contributed by atoms with E-state index in [4.69, 9.17) is 46.9 Å². The Morgan fingerprint density at radius 1 is 0.897 bits per heavy atom. The average molecular weight is 1260 g/mol. The van der Waals surface area contributed by atoms with E-state index in [1.165, 1.54) is 54.5 Å². The number of aliphatic hydroxyl groups excluding tert-OH is 1. The number of aromatic nitrogens is 1. The standard InChI is InChI=1S/C64H77Cl2F2N7O11S/c1-38-57(87-37-71-38)40-16-14-39(15-17-40)33-70-59(79)49-31-43(76)34-75(49)61(81)58(63(5,6)7)74-53(78)35-86-28-27-85-26-25-84-24-23-83-22-10-13-50(77)41-18-21-48(51(29-41)82-8)72-60(80)56-54(44-11-9-12-46(66)55(44)68)64(36-69,52(73-56)32-62(2,3)4)45-20-19-42(65)30-47(45)67/h9,11-12,14-21,29-30,37,43,49,52,54,56,58,73,76H,10,13,22-28,31-35H2,1-8H3,(H,70,79)(H,72,80)(H,74,78)/t43-,49+,52+,54+,56?,58-,64+/m1/s1. The topological polar surface area (TPSA) is 240 Å². The molecule has 18 nitrogen and oxygen atoms in total. The maximum absolute atomic E-state index is 16.2. The number of benzene rings is 4. The summed E-state index contributed by atoms with van der Waals surface area (Å²) in [6, 6.07) is 18.9. The van der Waals surface area contributed by atoms with Crippen LogP contribution < -0.4 is 26.0 Å². The molecule has 7 rings (SSSR count). The van der Waals surface area contributed by atoms with Crippen LogP contribution in [0.2, 0.25) is 10.0 Å². The molecule has 0 radical (unpaired) electrons. The number of hydrogen-bond donors (Lipinski definition) is 5. The highest BCUT2D eigenvalue weighted by Crippen LogP contribution is 2.53. The summed E-state index contributed by atoms with van der Waals surface area (Å²) in [5.74, 6) is -5.02. The molecule has 23 heteroatoms. The molecule has 0 aliphatic carbocycles. The zero-order chi connectivity index (χ0) is 63.2. The molecule has 0 spiro atoms. The van der Waals surface area contributed by atoms with Gasteiger partial charge >= 0.3 is 0 Å². The molecular formula is C64H77Cl2F2N7O11S. The number of nitriles is 1. The number of aliphatic hydroxyl groups is 1. The molecule has 1 aromatic heterocycles. The molecule has 5 aromatic rings. The fourth-order valence-corrected chi connectivity index (χ4v) is 12.2. The van der Waals surface area contributed by atoms with Gasteiger partial charge in [0, 0.05) is 60.6 Å². The molecule has 87 heavy (non-hydrogen) atoms. The number of rotatable bonds is 28. The second-order valence-corrected chi connectivity index (χ2v) is 25.7. The highest BCUT2D eigenvalue weighted by atomic mass is 35.5. The number of Topliss-reactive ketones (excluding diaryl/α,β-unsaturated/α-hetero) is 1. The van der Waals surface area contributed by atoms with Gasteiger partial charge in [-0.2, -0.15) is 5.26 Å². The van der Waals surface area contributed by atoms with Crippen molar-refractivity contribution in [3.8, 4) is 22.3 Å². The second kappa shape index (κ2) is 30.6. The number of carbonyl (C=O) groups is 5. The summed E-state index contributed by atoms with van der Waals surface area (Å²) in [4.78, 5) is 75.1. The summed E-state index contributed by atoms with van der Waals surface area (Å²) in [5.41, 5.74) is 2.05. The molecule has 2 aliphatic rings. The van der Waals surface area contributed by atoms with Gasteiger partial charge in [0.1, 0.15) is 41.5 Å². The lowest BCUT2D eigenvalue weighted by atomic mass is 9.62. The molecule has 4 aromatic carbocycles. The first-order valence-electron chi connectivity index (χ1n) is 28.8. The van der Waals surface area contributed by atoms with Crippen molar-refractivity contribution in [1.82, 2.24) is 25.8 Å². The minimum absolute atomic E-state index is 0.0489. The fraction of sp³-hybridized carbons (Fsp3) is 0.484. The van der Waals surface area contributed by atoms with Crippen LogP contribution in [0.5, 0.6) is 5.75 Å². The monoisotopic (exact) mass is 1260 g/mol. The number of likely N-dealkylation sites (tertiary alicyclic amines) is 1. The summed E-state index contributed by atoms with van der Waals surface area (Å²) < 4.78 is 60.3. The van der Waals surface area contributed by atoms with Crippen LogP contribution >= 0.6 is 34.5 Å². The van der Waals surface area contributed by atoms with E-state index in [0.29, 0.717) is 12.0 Å². The smallest absolute Gasteiger partial charge is 0.246 e. The molecule has 1 unspecified atom stereocenters. The number of ketones is 1. The number of thiazole rings is 1. The molecular weight excluding hydrogens is 1180 g/mol. The van der Waals surface area contributed by atoms with Crippen molar-refractivity contribution in [3.05, 3.63) is 134 Å². The van der Waals surface area contributed by atoms with Gasteiger partial charge in [0.15, 0.2) is 5.78 Å². The lowest BCUT2D eigenvalue weighted by Gasteiger charge is -2.37. The van der Waals surface area contributed by atoms with E-state index in [0.717, 1.165) is 27.8 Å². The van der Waals surface area contributed by atoms with Gasteiger partial charge in [0.05, 0.1) is 91.8 Å². The summed E-state index contributed by atoms with van der Waals surface area (Å²) >= 11 is 14.0. The van der Waals surface area contributed by atoms with Crippen LogP contribution in [-0.2, 0) is 50.1 Å². The Morgan fingerprint density at radius 2 is 1.57 bits per heavy atom. The predicted molar refractivity (Wildman–Crippen MR) is 328 cm³/mol. The Hall–Kier alpha value is -6.45. The molecule has 4 amide bonds. The number of halogens is 4. The van der Waals surface area contributed by atoms with Gasteiger partial charge < -0.3 is 55.0 Å². The van der Waals surface area contributed by atoms with Crippen LogP contribution in [0, 0.1) is 40.7 Å². The van der Waals surface area contributed by atoms with E-state index >= 15 is 8.78 Å². The Bertz CT molecular complexity index is 3260. The Balaban J connectivity index is 0.795. The molecule has 3 heterocycles. The van der Waals surface area contributed by atoms with E-state index in [2.05, 4.69) is 32.3 Å². The molecule has 2 fully saturated rings. The minimum atomic E-state index is -1.83. The van der Waals surface area contributed by atoms with E-state index in [9.17, 15) is 34.3 Å². The van der Waals surface area contributed by atoms with Crippen molar-refractivity contribution >= 4 is 69.6 Å². The molecule has 468 valence electrons. The van der Waals surface area contributed by atoms with Gasteiger partial charge in [-0.3, -0.25) is 24.0 Å². The summed E-state index contributed by atoms with van der Waals surface area (Å²) in [6.45, 7) is 14.6. The summed E-state index contributed by atoms with van der Waals surface area (Å²) in [7, 11) is 1.38. The zero-order valence-corrected chi connectivity index (χ0v) is 52.6. The van der Waals surface area contributed by atoms with Gasteiger partial charge in [-0.25, -0.2) is 13.8 Å². The number of methoxy groups -OCH3 is 1. The normalized spacial score (nSPS) is 19.8. The van der Waals surface area contributed by atoms with Gasteiger partial charge in [-0.15, -0.1) is 11.3 Å². The molecule has 2 saturated heterocycles. The summed E-state index contributed by atoms with van der Waals surface area (Å²) in [5, 5.41) is 33.5. The first kappa shape index (κ1) is 68.0. The Kier molecular flexibility index (Phi) is 24.0. The lowest BCUT2D eigenvalue weighted by Crippen LogP contribution is -2.58. The van der Waals surface area contributed by atoms with Crippen LogP contribution in [0.3, 0.4) is 0 Å². The molecule has 7 atom stereocenters. The highest BCUT2D eigenvalue weighted by molar-refractivity contribution is 7.13. The number of nitrogens with zero attached hydrogens (tertiary/aromatic N) is 3. The molecule has 0 saturated carbocycles. The third-order valence-corrected chi connectivity index (χ3v) is 16.8. The number of carbonyl (C=O) groups excluding carboxylic acids is 5. The van der Waals surface area contributed by atoms with Crippen molar-refractivity contribution in [3.63, 3.8) is 0 Å². The maximum atomic E-state index is 16.2. The number of nitrogens with one attached hydrogen (secondary N) is 4. The SMILES string of the molecule is COc1cc(C(=O)CCCOCCOCCOCCOCC(=O)N[C@H](C(=O)N2C[C@H](O)C[C@H]2C(=O)NCc2ccc(-c3scnc3C)cc2)C(C)(C)C)ccc1NC(=O)C1N[C@@H](CC(C)(C)C)[C@](C#N)(c2ccc(Cl)cc2F)[C@H]1c1cccc(Cl)c1F. The van der Waals surface area contributed by atoms with Crippen molar-refractivity contribution in [2.45, 2.75) is 122 Å². The van der Waals surface area contributed by atoms with Gasteiger partial charge in [-0.1, -0.05) is 107 Å². The van der Waals surface area contributed by atoms with Crippen molar-refractivity contribution in [2.24, 2.45) is 10.8 Å². The predicted octanol–water partition coefficient (Wildman–Crippen LogP) is 9.51. The maximum Gasteiger partial charge on any atom is 0.246 e. The largest absolute Gasteiger partial charge is 0.495 e.